The van der Waals surface area contributed by atoms with Crippen molar-refractivity contribution in [3.05, 3.63) is 77.1 Å². The van der Waals surface area contributed by atoms with Gasteiger partial charge >= 0.3 is 0 Å². The summed E-state index contributed by atoms with van der Waals surface area (Å²) in [5.74, 6) is 0.659. The number of anilines is 1. The van der Waals surface area contributed by atoms with Crippen molar-refractivity contribution in [2.75, 3.05) is 11.9 Å². The van der Waals surface area contributed by atoms with Gasteiger partial charge in [-0.3, -0.25) is 0 Å². The van der Waals surface area contributed by atoms with Crippen molar-refractivity contribution < 1.29 is 5.11 Å². The van der Waals surface area contributed by atoms with E-state index in [0.29, 0.717) is 17.4 Å². The third kappa shape index (κ3) is 3.91. The Morgan fingerprint density at radius 3 is 2.62 bits per heavy atom. The lowest BCUT2D eigenvalue weighted by Gasteiger charge is -2.13. The molecule has 0 unspecified atom stereocenters. The van der Waals surface area contributed by atoms with Crippen LogP contribution in [0.1, 0.15) is 17.2 Å². The number of nitrogens with zero attached hydrogens (tertiary/aromatic N) is 2. The molecule has 24 heavy (non-hydrogen) atoms. The summed E-state index contributed by atoms with van der Waals surface area (Å²) in [6, 6.07) is 17.2. The summed E-state index contributed by atoms with van der Waals surface area (Å²) in [5, 5.41) is 14.1. The van der Waals surface area contributed by atoms with E-state index >= 15 is 0 Å². The van der Waals surface area contributed by atoms with E-state index in [1.165, 1.54) is 6.33 Å². The molecule has 1 aromatic heterocycles. The Labute approximate surface area is 146 Å². The molecule has 0 aliphatic carbocycles. The molecule has 0 saturated carbocycles. The lowest BCUT2D eigenvalue weighted by molar-refractivity contribution is 0.191. The van der Waals surface area contributed by atoms with Gasteiger partial charge in [-0.15, -0.1) is 0 Å². The summed E-state index contributed by atoms with van der Waals surface area (Å²) in [7, 11) is 0. The zero-order valence-corrected chi connectivity index (χ0v) is 14.0. The highest BCUT2D eigenvalue weighted by Crippen LogP contribution is 2.25. The van der Waals surface area contributed by atoms with Crippen LogP contribution in [-0.2, 0) is 0 Å². The molecular weight excluding hydrogens is 322 g/mol. The Bertz CT molecular complexity index is 824. The van der Waals surface area contributed by atoms with Crippen LogP contribution in [0.4, 0.5) is 5.82 Å². The molecule has 2 aromatic carbocycles. The predicted octanol–water partition coefficient (Wildman–Crippen LogP) is 4.25. The van der Waals surface area contributed by atoms with Gasteiger partial charge in [-0.25, -0.2) is 9.97 Å². The molecule has 0 saturated heterocycles. The number of hydrogen-bond donors (Lipinski definition) is 2. The van der Waals surface area contributed by atoms with E-state index in [1.807, 2.05) is 61.5 Å². The third-order valence-electron chi connectivity index (χ3n) is 3.80. The quantitative estimate of drug-likeness (QED) is 0.729. The van der Waals surface area contributed by atoms with Gasteiger partial charge in [0, 0.05) is 23.2 Å². The van der Waals surface area contributed by atoms with Crippen molar-refractivity contribution in [2.24, 2.45) is 0 Å². The van der Waals surface area contributed by atoms with Crippen LogP contribution in [0.5, 0.6) is 0 Å². The van der Waals surface area contributed by atoms with Crippen LogP contribution in [-0.4, -0.2) is 21.6 Å². The van der Waals surface area contributed by atoms with Crippen molar-refractivity contribution in [3.63, 3.8) is 0 Å². The molecule has 3 rings (SSSR count). The maximum Gasteiger partial charge on any atom is 0.130 e. The minimum absolute atomic E-state index is 0.370. The molecule has 0 amide bonds. The van der Waals surface area contributed by atoms with Gasteiger partial charge in [0.25, 0.3) is 0 Å². The summed E-state index contributed by atoms with van der Waals surface area (Å²) < 4.78 is 0. The van der Waals surface area contributed by atoms with Gasteiger partial charge in [0.1, 0.15) is 12.1 Å². The Morgan fingerprint density at radius 1 is 1.08 bits per heavy atom. The topological polar surface area (TPSA) is 58.0 Å². The molecule has 1 heterocycles. The molecule has 4 nitrogen and oxygen atoms in total. The van der Waals surface area contributed by atoms with Crippen LogP contribution >= 0.6 is 11.6 Å². The molecule has 0 aliphatic rings. The van der Waals surface area contributed by atoms with E-state index in [4.69, 9.17) is 11.6 Å². The fraction of sp³-hybridized carbons (Fsp3) is 0.158. The van der Waals surface area contributed by atoms with Crippen LogP contribution < -0.4 is 5.32 Å². The van der Waals surface area contributed by atoms with Crippen molar-refractivity contribution in [2.45, 2.75) is 13.0 Å². The minimum atomic E-state index is -0.599. The summed E-state index contributed by atoms with van der Waals surface area (Å²) >= 11 is 6.18. The highest BCUT2D eigenvalue weighted by atomic mass is 35.5. The fourth-order valence-corrected chi connectivity index (χ4v) is 2.54. The largest absolute Gasteiger partial charge is 0.387 e. The number of aryl methyl sites for hydroxylation is 1. The monoisotopic (exact) mass is 339 g/mol. The molecule has 2 N–H and O–H groups in total. The molecule has 0 bridgehead atoms. The average molecular weight is 340 g/mol. The zero-order chi connectivity index (χ0) is 16.9. The number of benzene rings is 2. The van der Waals surface area contributed by atoms with Gasteiger partial charge in [0.05, 0.1) is 11.8 Å². The molecule has 0 aliphatic heterocycles. The third-order valence-corrected chi connectivity index (χ3v) is 4.20. The Morgan fingerprint density at radius 2 is 1.88 bits per heavy atom. The van der Waals surface area contributed by atoms with E-state index in [2.05, 4.69) is 15.3 Å². The number of aliphatic hydroxyl groups is 1. The fourth-order valence-electron chi connectivity index (χ4n) is 2.36. The van der Waals surface area contributed by atoms with Crippen molar-refractivity contribution in [3.8, 4) is 11.3 Å². The number of hydrogen-bond acceptors (Lipinski definition) is 4. The number of rotatable bonds is 5. The zero-order valence-electron chi connectivity index (χ0n) is 13.3. The first kappa shape index (κ1) is 16.4. The van der Waals surface area contributed by atoms with Crippen LogP contribution in [0, 0.1) is 6.92 Å². The molecule has 0 fully saturated rings. The number of aromatic nitrogens is 2. The van der Waals surface area contributed by atoms with Gasteiger partial charge in [-0.05, 0) is 24.1 Å². The normalized spacial score (nSPS) is 12.0. The second-order valence-electron chi connectivity index (χ2n) is 5.56. The van der Waals surface area contributed by atoms with E-state index in [-0.39, 0.29) is 0 Å². The highest BCUT2D eigenvalue weighted by Gasteiger charge is 2.08. The first-order valence-corrected chi connectivity index (χ1v) is 8.07. The molecule has 122 valence electrons. The Hall–Kier alpha value is -2.43. The predicted molar refractivity (Wildman–Crippen MR) is 97.1 cm³/mol. The van der Waals surface area contributed by atoms with Gasteiger partial charge in [-0.2, -0.15) is 0 Å². The summed E-state index contributed by atoms with van der Waals surface area (Å²) in [6.45, 7) is 2.33. The van der Waals surface area contributed by atoms with Crippen LogP contribution in [0.3, 0.4) is 0 Å². The summed E-state index contributed by atoms with van der Waals surface area (Å²) in [6.07, 6.45) is 0.902. The molecular formula is C19H18ClN3O. The van der Waals surface area contributed by atoms with Crippen LogP contribution in [0.25, 0.3) is 11.3 Å². The average Bonchev–Trinajstić information content (AvgIpc) is 2.63. The van der Waals surface area contributed by atoms with E-state index < -0.39 is 6.10 Å². The second-order valence-corrected chi connectivity index (χ2v) is 5.97. The maximum absolute atomic E-state index is 10.2. The van der Waals surface area contributed by atoms with Crippen molar-refractivity contribution in [1.29, 1.82) is 0 Å². The van der Waals surface area contributed by atoms with Gasteiger partial charge in [0.2, 0.25) is 0 Å². The summed E-state index contributed by atoms with van der Waals surface area (Å²) in [4.78, 5) is 8.50. The number of halogens is 1. The van der Waals surface area contributed by atoms with Crippen LogP contribution in [0.2, 0.25) is 5.02 Å². The minimum Gasteiger partial charge on any atom is -0.387 e. The number of aliphatic hydroxyl groups excluding tert-OH is 1. The summed E-state index contributed by atoms with van der Waals surface area (Å²) in [5.41, 5.74) is 3.60. The second kappa shape index (κ2) is 7.43. The molecule has 5 heteroatoms. The standard InChI is InChI=1S/C19H18ClN3O/c1-13-7-8-15(9-16(13)20)17-10-19(23-12-22-17)21-11-18(24)14-5-3-2-4-6-14/h2-10,12,18,24H,11H2,1H3,(H,21,22,23)/t18-/m0/s1. The maximum atomic E-state index is 10.2. The van der Waals surface area contributed by atoms with Crippen LogP contribution in [0.15, 0.2) is 60.9 Å². The SMILES string of the molecule is Cc1ccc(-c2cc(NC[C@H](O)c3ccccc3)ncn2)cc1Cl. The van der Waals surface area contributed by atoms with Gasteiger partial charge in [-0.1, -0.05) is 54.1 Å². The Balaban J connectivity index is 1.72. The van der Waals surface area contributed by atoms with Gasteiger partial charge < -0.3 is 10.4 Å². The molecule has 0 spiro atoms. The first-order valence-electron chi connectivity index (χ1n) is 7.69. The molecule has 1 atom stereocenters. The van der Waals surface area contributed by atoms with E-state index in [1.54, 1.807) is 0 Å². The Kier molecular flexibility index (Phi) is 5.08. The molecule has 3 aromatic rings. The van der Waals surface area contributed by atoms with Gasteiger partial charge in [0.15, 0.2) is 0 Å². The van der Waals surface area contributed by atoms with E-state index in [9.17, 15) is 5.11 Å². The lowest BCUT2D eigenvalue weighted by Crippen LogP contribution is -2.13. The highest BCUT2D eigenvalue weighted by molar-refractivity contribution is 6.31. The molecule has 0 radical (unpaired) electrons. The van der Waals surface area contributed by atoms with Crippen molar-refractivity contribution in [1.82, 2.24) is 9.97 Å². The lowest BCUT2D eigenvalue weighted by atomic mass is 10.1. The van der Waals surface area contributed by atoms with E-state index in [0.717, 1.165) is 22.4 Å². The van der Waals surface area contributed by atoms with Crippen molar-refractivity contribution >= 4 is 17.4 Å². The smallest absolute Gasteiger partial charge is 0.130 e. The number of nitrogens with one attached hydrogen (secondary N) is 1. The first-order chi connectivity index (χ1) is 11.6.